The predicted octanol–water partition coefficient (Wildman–Crippen LogP) is 4.22. The van der Waals surface area contributed by atoms with Gasteiger partial charge in [-0.15, -0.1) is 5.10 Å². The molecule has 5 aromatic rings. The lowest BCUT2D eigenvalue weighted by Gasteiger charge is -2.12. The average Bonchev–Trinajstić information content (AvgIpc) is 3.47. The summed E-state index contributed by atoms with van der Waals surface area (Å²) in [5.74, 6) is 1.77. The lowest BCUT2D eigenvalue weighted by atomic mass is 10.1. The monoisotopic (exact) mass is 355 g/mol. The number of aromatic nitrogens is 3. The zero-order valence-electron chi connectivity index (χ0n) is 14.1. The number of rotatable bonds is 4. The van der Waals surface area contributed by atoms with Gasteiger partial charge in [-0.1, -0.05) is 18.2 Å². The van der Waals surface area contributed by atoms with Crippen molar-refractivity contribution in [1.29, 1.82) is 5.26 Å². The number of furan rings is 2. The molecule has 0 aliphatic heterocycles. The lowest BCUT2D eigenvalue weighted by Crippen LogP contribution is -2.05. The van der Waals surface area contributed by atoms with Gasteiger partial charge in [0, 0.05) is 5.39 Å². The molecule has 5 rings (SSSR count). The summed E-state index contributed by atoms with van der Waals surface area (Å²) in [6.07, 6.45) is 3.19. The van der Waals surface area contributed by atoms with E-state index in [9.17, 15) is 5.26 Å². The molecule has 4 aromatic heterocycles. The molecule has 0 atom stereocenters. The van der Waals surface area contributed by atoms with E-state index in [-0.39, 0.29) is 0 Å². The maximum absolute atomic E-state index is 9.85. The second-order valence-electron chi connectivity index (χ2n) is 5.96. The van der Waals surface area contributed by atoms with Crippen LogP contribution in [-0.2, 0) is 6.54 Å². The van der Waals surface area contributed by atoms with Crippen molar-refractivity contribution in [1.82, 2.24) is 14.6 Å². The van der Waals surface area contributed by atoms with Gasteiger partial charge in [0.1, 0.15) is 17.4 Å². The Morgan fingerprint density at radius 1 is 1.04 bits per heavy atom. The first-order valence-corrected chi connectivity index (χ1v) is 8.37. The van der Waals surface area contributed by atoms with Crippen LogP contribution < -0.4 is 5.32 Å². The second-order valence-corrected chi connectivity index (χ2v) is 5.96. The van der Waals surface area contributed by atoms with E-state index in [1.54, 1.807) is 29.2 Å². The molecule has 0 saturated heterocycles. The average molecular weight is 355 g/mol. The van der Waals surface area contributed by atoms with Crippen LogP contribution in [0, 0.1) is 11.3 Å². The molecule has 0 spiro atoms. The summed E-state index contributed by atoms with van der Waals surface area (Å²) in [6.45, 7) is 0.459. The number of benzene rings is 1. The Morgan fingerprint density at radius 2 is 1.89 bits per heavy atom. The van der Waals surface area contributed by atoms with E-state index in [0.29, 0.717) is 35.0 Å². The number of anilines is 1. The van der Waals surface area contributed by atoms with E-state index in [1.807, 2.05) is 36.4 Å². The molecule has 0 bridgehead atoms. The Bertz CT molecular complexity index is 1280. The molecule has 0 fully saturated rings. The Kier molecular flexibility index (Phi) is 3.40. The first-order valence-electron chi connectivity index (χ1n) is 8.37. The summed E-state index contributed by atoms with van der Waals surface area (Å²) in [5.41, 5.74) is 2.45. The van der Waals surface area contributed by atoms with Crippen molar-refractivity contribution in [3.8, 4) is 17.7 Å². The highest BCUT2D eigenvalue weighted by Gasteiger charge is 2.19. The van der Waals surface area contributed by atoms with E-state index < -0.39 is 0 Å². The van der Waals surface area contributed by atoms with Crippen LogP contribution in [0.25, 0.3) is 28.1 Å². The first-order chi connectivity index (χ1) is 13.3. The number of fused-ring (bicyclic) bond motifs is 3. The van der Waals surface area contributed by atoms with Crippen LogP contribution >= 0.6 is 0 Å². The molecule has 0 radical (unpaired) electrons. The van der Waals surface area contributed by atoms with Crippen molar-refractivity contribution >= 4 is 22.2 Å². The maximum atomic E-state index is 9.85. The van der Waals surface area contributed by atoms with Crippen LogP contribution in [0.5, 0.6) is 0 Å². The molecule has 7 heteroatoms. The van der Waals surface area contributed by atoms with E-state index >= 15 is 0 Å². The molecule has 0 amide bonds. The fourth-order valence-corrected chi connectivity index (χ4v) is 3.15. The second kappa shape index (κ2) is 6.04. The van der Waals surface area contributed by atoms with Gasteiger partial charge in [0.25, 0.3) is 0 Å². The normalized spacial score (nSPS) is 11.1. The van der Waals surface area contributed by atoms with Crippen LogP contribution in [0.15, 0.2) is 69.9 Å². The van der Waals surface area contributed by atoms with Crippen molar-refractivity contribution in [3.63, 3.8) is 0 Å². The van der Waals surface area contributed by atoms with Gasteiger partial charge in [-0.2, -0.15) is 5.26 Å². The van der Waals surface area contributed by atoms with Gasteiger partial charge >= 0.3 is 0 Å². The highest BCUT2D eigenvalue weighted by molar-refractivity contribution is 5.98. The number of hydrogen-bond acceptors (Lipinski definition) is 6. The molecule has 0 aliphatic rings. The summed E-state index contributed by atoms with van der Waals surface area (Å²) < 4.78 is 12.5. The molecule has 1 N–H and O–H groups in total. The highest BCUT2D eigenvalue weighted by atomic mass is 16.3. The van der Waals surface area contributed by atoms with Crippen molar-refractivity contribution < 1.29 is 8.83 Å². The molecular formula is C20H13N5O2. The van der Waals surface area contributed by atoms with Crippen molar-refractivity contribution in [2.24, 2.45) is 0 Å². The Hall–Kier alpha value is -4.05. The third-order valence-corrected chi connectivity index (χ3v) is 4.36. The zero-order chi connectivity index (χ0) is 18.2. The van der Waals surface area contributed by atoms with E-state index in [2.05, 4.69) is 21.5 Å². The molecule has 1 aromatic carbocycles. The quantitative estimate of drug-likeness (QED) is 0.519. The predicted molar refractivity (Wildman–Crippen MR) is 98.9 cm³/mol. The first kappa shape index (κ1) is 15.2. The van der Waals surface area contributed by atoms with Gasteiger partial charge < -0.3 is 14.2 Å². The molecule has 130 valence electrons. The number of hydrogen-bond donors (Lipinski definition) is 1. The number of nitrogens with one attached hydrogen (secondary N) is 1. The molecule has 0 unspecified atom stereocenters. The summed E-state index contributed by atoms with van der Waals surface area (Å²) in [6, 6.07) is 17.3. The molecular weight excluding hydrogens is 342 g/mol. The standard InChI is InChI=1S/C20H13N5O2/c21-11-15-18(22-12-13-5-3-9-26-13)14-6-1-2-7-16(14)25-20(15)23-19(24-25)17-8-4-10-27-17/h1-10,22H,12H2. The minimum Gasteiger partial charge on any atom is -0.467 e. The van der Waals surface area contributed by atoms with Gasteiger partial charge in [0.05, 0.1) is 30.3 Å². The van der Waals surface area contributed by atoms with Gasteiger partial charge in [-0.3, -0.25) is 0 Å². The lowest BCUT2D eigenvalue weighted by molar-refractivity contribution is 0.518. The Balaban J connectivity index is 1.75. The van der Waals surface area contributed by atoms with Crippen LogP contribution in [0.1, 0.15) is 11.3 Å². The number of nitriles is 1. The summed E-state index contributed by atoms with van der Waals surface area (Å²) in [7, 11) is 0. The third kappa shape index (κ3) is 2.43. The minimum atomic E-state index is 0.422. The van der Waals surface area contributed by atoms with E-state index in [1.165, 1.54) is 0 Å². The topological polar surface area (TPSA) is 92.3 Å². The van der Waals surface area contributed by atoms with Gasteiger partial charge in [-0.25, -0.2) is 9.50 Å². The van der Waals surface area contributed by atoms with E-state index in [0.717, 1.165) is 16.7 Å². The summed E-state index contributed by atoms with van der Waals surface area (Å²) in [4.78, 5) is 4.55. The van der Waals surface area contributed by atoms with Crippen LogP contribution in [0.3, 0.4) is 0 Å². The smallest absolute Gasteiger partial charge is 0.217 e. The summed E-state index contributed by atoms with van der Waals surface area (Å²) in [5, 5.41) is 18.6. The van der Waals surface area contributed by atoms with Crippen LogP contribution in [0.2, 0.25) is 0 Å². The SMILES string of the molecule is N#Cc1c(NCc2ccco2)c2ccccc2n2nc(-c3ccco3)nc12. The van der Waals surface area contributed by atoms with Gasteiger partial charge in [0.15, 0.2) is 11.4 Å². The van der Waals surface area contributed by atoms with Crippen molar-refractivity contribution in [2.45, 2.75) is 6.54 Å². The van der Waals surface area contributed by atoms with Gasteiger partial charge in [0.2, 0.25) is 5.82 Å². The fraction of sp³-hybridized carbons (Fsp3) is 0.0500. The molecule has 0 aliphatic carbocycles. The molecule has 27 heavy (non-hydrogen) atoms. The highest BCUT2D eigenvalue weighted by Crippen LogP contribution is 2.32. The molecule has 4 heterocycles. The number of para-hydroxylation sites is 1. The fourth-order valence-electron chi connectivity index (χ4n) is 3.15. The summed E-state index contributed by atoms with van der Waals surface area (Å²) >= 11 is 0. The maximum Gasteiger partial charge on any atom is 0.217 e. The minimum absolute atomic E-state index is 0.422. The zero-order valence-corrected chi connectivity index (χ0v) is 14.1. The number of nitrogens with zero attached hydrogens (tertiary/aromatic N) is 4. The molecule has 0 saturated carbocycles. The van der Waals surface area contributed by atoms with Crippen molar-refractivity contribution in [3.05, 3.63) is 72.4 Å². The van der Waals surface area contributed by atoms with Crippen molar-refractivity contribution in [2.75, 3.05) is 5.32 Å². The largest absolute Gasteiger partial charge is 0.467 e. The Morgan fingerprint density at radius 3 is 2.67 bits per heavy atom. The van der Waals surface area contributed by atoms with Crippen LogP contribution in [-0.4, -0.2) is 14.6 Å². The van der Waals surface area contributed by atoms with E-state index in [4.69, 9.17) is 8.83 Å². The van der Waals surface area contributed by atoms with Gasteiger partial charge in [-0.05, 0) is 30.3 Å². The number of pyridine rings is 1. The molecule has 7 nitrogen and oxygen atoms in total. The van der Waals surface area contributed by atoms with Crippen LogP contribution in [0.4, 0.5) is 5.69 Å². The third-order valence-electron chi connectivity index (χ3n) is 4.36. The Labute approximate surface area is 153 Å².